The summed E-state index contributed by atoms with van der Waals surface area (Å²) >= 11 is 0. The molecule has 3 rings (SSSR count). The third kappa shape index (κ3) is 3.23. The molecule has 0 saturated carbocycles. The number of piperidine rings is 1. The third-order valence-corrected chi connectivity index (χ3v) is 4.59. The summed E-state index contributed by atoms with van der Waals surface area (Å²) in [7, 11) is 1.98. The molecule has 118 valence electrons. The minimum Gasteiger partial charge on any atom is -0.396 e. The molecule has 1 atom stereocenters. The lowest BCUT2D eigenvalue weighted by Gasteiger charge is -2.39. The first kappa shape index (κ1) is 15.3. The van der Waals surface area contributed by atoms with Gasteiger partial charge in [-0.1, -0.05) is 37.3 Å². The number of aliphatic hydroxyl groups is 1. The second-order valence-corrected chi connectivity index (χ2v) is 6.83. The molecule has 0 radical (unpaired) electrons. The smallest absolute Gasteiger partial charge is 0.0968 e. The number of hydrogen-bond donors (Lipinski definition) is 1. The molecule has 22 heavy (non-hydrogen) atoms. The molecule has 1 fully saturated rings. The van der Waals surface area contributed by atoms with E-state index in [-0.39, 0.29) is 12.0 Å². The van der Waals surface area contributed by atoms with E-state index >= 15 is 0 Å². The molecule has 1 aliphatic rings. The number of aliphatic hydroxyl groups excluding tert-OH is 1. The number of aryl methyl sites for hydroxylation is 1. The van der Waals surface area contributed by atoms with Crippen molar-refractivity contribution in [1.82, 2.24) is 14.7 Å². The Kier molecular flexibility index (Phi) is 4.32. The number of rotatable bonds is 4. The SMILES string of the molecule is Cn1cc(CN2CCCC(C)(CO)C2)c(-c2ccccc2)n1. The highest BCUT2D eigenvalue weighted by Crippen LogP contribution is 2.31. The fourth-order valence-electron chi connectivity index (χ4n) is 3.42. The summed E-state index contributed by atoms with van der Waals surface area (Å²) in [6, 6.07) is 10.4. The largest absolute Gasteiger partial charge is 0.396 e. The van der Waals surface area contributed by atoms with Gasteiger partial charge >= 0.3 is 0 Å². The summed E-state index contributed by atoms with van der Waals surface area (Å²) in [5.41, 5.74) is 3.53. The second-order valence-electron chi connectivity index (χ2n) is 6.83. The Hall–Kier alpha value is -1.65. The van der Waals surface area contributed by atoms with Crippen LogP contribution in [0.5, 0.6) is 0 Å². The number of aromatic nitrogens is 2. The Morgan fingerprint density at radius 2 is 2.05 bits per heavy atom. The van der Waals surface area contributed by atoms with Gasteiger partial charge in [-0.15, -0.1) is 0 Å². The summed E-state index contributed by atoms with van der Waals surface area (Å²) in [5.74, 6) is 0. The quantitative estimate of drug-likeness (QED) is 0.943. The van der Waals surface area contributed by atoms with Gasteiger partial charge in [-0.25, -0.2) is 0 Å². The van der Waals surface area contributed by atoms with Crippen molar-refractivity contribution in [3.05, 3.63) is 42.1 Å². The van der Waals surface area contributed by atoms with Crippen LogP contribution < -0.4 is 0 Å². The summed E-state index contributed by atoms with van der Waals surface area (Å²) < 4.78 is 1.90. The van der Waals surface area contributed by atoms with Crippen LogP contribution in [0.2, 0.25) is 0 Å². The second kappa shape index (κ2) is 6.23. The molecular weight excluding hydrogens is 274 g/mol. The molecule has 1 aromatic carbocycles. The molecule has 1 aromatic heterocycles. The van der Waals surface area contributed by atoms with Gasteiger partial charge in [-0.05, 0) is 19.4 Å². The predicted octanol–water partition coefficient (Wildman–Crippen LogP) is 2.68. The van der Waals surface area contributed by atoms with Crippen LogP contribution in [-0.4, -0.2) is 39.5 Å². The standard InChI is InChI=1S/C18H25N3O/c1-18(14-22)9-6-10-21(13-18)12-16-11-20(2)19-17(16)15-7-4-3-5-8-15/h3-5,7-8,11,22H,6,9-10,12-14H2,1-2H3. The van der Waals surface area contributed by atoms with Crippen molar-refractivity contribution in [2.24, 2.45) is 12.5 Å². The van der Waals surface area contributed by atoms with E-state index in [1.54, 1.807) is 0 Å². The van der Waals surface area contributed by atoms with Gasteiger partial charge in [0, 0.05) is 49.5 Å². The van der Waals surface area contributed by atoms with Crippen LogP contribution >= 0.6 is 0 Å². The van der Waals surface area contributed by atoms with Crippen molar-refractivity contribution < 1.29 is 5.11 Å². The first-order valence-corrected chi connectivity index (χ1v) is 8.01. The van der Waals surface area contributed by atoms with Crippen molar-refractivity contribution in [3.8, 4) is 11.3 Å². The fourth-order valence-corrected chi connectivity index (χ4v) is 3.42. The van der Waals surface area contributed by atoms with Gasteiger partial charge in [0.1, 0.15) is 0 Å². The van der Waals surface area contributed by atoms with Crippen molar-refractivity contribution in [3.63, 3.8) is 0 Å². The zero-order valence-corrected chi connectivity index (χ0v) is 13.5. The van der Waals surface area contributed by atoms with Crippen LogP contribution in [0.25, 0.3) is 11.3 Å². The number of likely N-dealkylation sites (tertiary alicyclic amines) is 1. The van der Waals surface area contributed by atoms with Gasteiger partial charge < -0.3 is 5.11 Å². The zero-order valence-electron chi connectivity index (χ0n) is 13.5. The van der Waals surface area contributed by atoms with E-state index in [0.29, 0.717) is 0 Å². The predicted molar refractivity (Wildman–Crippen MR) is 88.3 cm³/mol. The monoisotopic (exact) mass is 299 g/mol. The Labute approximate surface area is 132 Å². The highest BCUT2D eigenvalue weighted by atomic mass is 16.3. The molecule has 4 heteroatoms. The molecule has 2 aromatic rings. The molecule has 1 unspecified atom stereocenters. The van der Waals surface area contributed by atoms with E-state index in [1.807, 2.05) is 17.8 Å². The first-order chi connectivity index (χ1) is 10.6. The Bertz CT molecular complexity index is 623. The van der Waals surface area contributed by atoms with Crippen LogP contribution in [0, 0.1) is 5.41 Å². The highest BCUT2D eigenvalue weighted by molar-refractivity contribution is 5.62. The van der Waals surface area contributed by atoms with Gasteiger partial charge in [-0.2, -0.15) is 5.10 Å². The Balaban J connectivity index is 1.81. The van der Waals surface area contributed by atoms with Gasteiger partial charge in [0.2, 0.25) is 0 Å². The van der Waals surface area contributed by atoms with Crippen LogP contribution in [0.15, 0.2) is 36.5 Å². The number of nitrogens with zero attached hydrogens (tertiary/aromatic N) is 3. The van der Waals surface area contributed by atoms with Crippen LogP contribution in [0.1, 0.15) is 25.3 Å². The average Bonchev–Trinajstić information content (AvgIpc) is 2.89. The summed E-state index contributed by atoms with van der Waals surface area (Å²) in [6.07, 6.45) is 4.38. The Morgan fingerprint density at radius 3 is 2.77 bits per heavy atom. The first-order valence-electron chi connectivity index (χ1n) is 8.01. The zero-order chi connectivity index (χ0) is 15.6. The lowest BCUT2D eigenvalue weighted by atomic mass is 9.82. The highest BCUT2D eigenvalue weighted by Gasteiger charge is 2.30. The lowest BCUT2D eigenvalue weighted by molar-refractivity contribution is 0.0430. The van der Waals surface area contributed by atoms with E-state index in [4.69, 9.17) is 0 Å². The molecule has 2 heterocycles. The normalized spacial score (nSPS) is 22.9. The number of benzene rings is 1. The van der Waals surface area contributed by atoms with Crippen LogP contribution in [0.3, 0.4) is 0 Å². The van der Waals surface area contributed by atoms with Crippen LogP contribution in [0.4, 0.5) is 0 Å². The summed E-state index contributed by atoms with van der Waals surface area (Å²) in [5, 5.41) is 14.3. The molecule has 0 aliphatic carbocycles. The van der Waals surface area contributed by atoms with E-state index in [1.165, 1.54) is 11.1 Å². The summed E-state index contributed by atoms with van der Waals surface area (Å²) in [4.78, 5) is 2.45. The molecule has 1 N–H and O–H groups in total. The van der Waals surface area contributed by atoms with Gasteiger partial charge in [0.25, 0.3) is 0 Å². The third-order valence-electron chi connectivity index (χ3n) is 4.59. The molecule has 0 amide bonds. The van der Waals surface area contributed by atoms with Gasteiger partial charge in [0.05, 0.1) is 5.69 Å². The maximum absolute atomic E-state index is 9.63. The molecule has 0 spiro atoms. The van der Waals surface area contributed by atoms with Crippen LogP contribution in [-0.2, 0) is 13.6 Å². The molecule has 0 bridgehead atoms. The van der Waals surface area contributed by atoms with Crippen molar-refractivity contribution in [2.45, 2.75) is 26.3 Å². The van der Waals surface area contributed by atoms with E-state index < -0.39 is 0 Å². The maximum Gasteiger partial charge on any atom is 0.0968 e. The van der Waals surface area contributed by atoms with E-state index in [2.05, 4.69) is 47.4 Å². The topological polar surface area (TPSA) is 41.3 Å². The van der Waals surface area contributed by atoms with Gasteiger partial charge in [0.15, 0.2) is 0 Å². The Morgan fingerprint density at radius 1 is 1.27 bits per heavy atom. The molecule has 1 saturated heterocycles. The van der Waals surface area contributed by atoms with Crippen molar-refractivity contribution in [1.29, 1.82) is 0 Å². The maximum atomic E-state index is 9.63. The molecule has 1 aliphatic heterocycles. The van der Waals surface area contributed by atoms with Crippen molar-refractivity contribution >= 4 is 0 Å². The fraction of sp³-hybridized carbons (Fsp3) is 0.500. The van der Waals surface area contributed by atoms with Gasteiger partial charge in [-0.3, -0.25) is 9.58 Å². The summed E-state index contributed by atoms with van der Waals surface area (Å²) in [6.45, 7) is 5.39. The average molecular weight is 299 g/mol. The number of hydrogen-bond acceptors (Lipinski definition) is 3. The molecular formula is C18H25N3O. The van der Waals surface area contributed by atoms with E-state index in [0.717, 1.165) is 38.2 Å². The minimum absolute atomic E-state index is 0.0351. The lowest BCUT2D eigenvalue weighted by Crippen LogP contribution is -2.43. The molecule has 4 nitrogen and oxygen atoms in total. The minimum atomic E-state index is 0.0351. The van der Waals surface area contributed by atoms with Crippen molar-refractivity contribution in [2.75, 3.05) is 19.7 Å². The van der Waals surface area contributed by atoms with E-state index in [9.17, 15) is 5.11 Å².